The summed E-state index contributed by atoms with van der Waals surface area (Å²) in [7, 11) is 0. The van der Waals surface area contributed by atoms with Crippen LogP contribution in [0.5, 0.6) is 0 Å². The minimum absolute atomic E-state index is 0. The third-order valence-electron chi connectivity index (χ3n) is 3.90. The molecule has 0 aromatic carbocycles. The van der Waals surface area contributed by atoms with Crippen LogP contribution >= 0.6 is 12.4 Å². The van der Waals surface area contributed by atoms with Crippen LogP contribution in [0.4, 0.5) is 0 Å². The Balaban J connectivity index is 0.00000361. The zero-order valence-electron chi connectivity index (χ0n) is 12.5. The Bertz CT molecular complexity index is 328. The molecule has 5 nitrogen and oxygen atoms in total. The highest BCUT2D eigenvalue weighted by Gasteiger charge is 2.35. The van der Waals surface area contributed by atoms with Crippen LogP contribution in [-0.4, -0.2) is 24.4 Å². The Morgan fingerprint density at radius 3 is 2.25 bits per heavy atom. The molecule has 1 fully saturated rings. The molecule has 0 spiro atoms. The molecular formula is C14H28ClN3O2. The molecule has 0 radical (unpaired) electrons. The molecule has 5 N–H and O–H groups in total. The fourth-order valence-corrected chi connectivity index (χ4v) is 3.16. The van der Waals surface area contributed by atoms with Crippen LogP contribution in [0.25, 0.3) is 0 Å². The van der Waals surface area contributed by atoms with Crippen molar-refractivity contribution in [1.29, 1.82) is 0 Å². The third-order valence-corrected chi connectivity index (χ3v) is 3.90. The van der Waals surface area contributed by atoms with Crippen molar-refractivity contribution >= 4 is 24.2 Å². The molecule has 1 atom stereocenters. The Labute approximate surface area is 127 Å². The van der Waals surface area contributed by atoms with Crippen molar-refractivity contribution in [2.75, 3.05) is 6.54 Å². The van der Waals surface area contributed by atoms with Gasteiger partial charge in [0.1, 0.15) is 0 Å². The average molecular weight is 306 g/mol. The number of primary amides is 1. The van der Waals surface area contributed by atoms with E-state index in [-0.39, 0.29) is 30.2 Å². The summed E-state index contributed by atoms with van der Waals surface area (Å²) in [6.45, 7) is 5.08. The number of hydrogen-bond donors (Lipinski definition) is 3. The zero-order chi connectivity index (χ0) is 14.5. The minimum atomic E-state index is -0.824. The van der Waals surface area contributed by atoms with E-state index in [2.05, 4.69) is 19.2 Å². The van der Waals surface area contributed by atoms with Gasteiger partial charge in [-0.05, 0) is 30.6 Å². The number of halogens is 1. The summed E-state index contributed by atoms with van der Waals surface area (Å²) in [5.41, 5.74) is 10.9. The Kier molecular flexibility index (Phi) is 8.13. The molecule has 1 unspecified atom stereocenters. The van der Waals surface area contributed by atoms with E-state index >= 15 is 0 Å². The summed E-state index contributed by atoms with van der Waals surface area (Å²) in [5, 5.41) is 2.90. The number of hydrogen-bond acceptors (Lipinski definition) is 3. The molecule has 1 saturated carbocycles. The smallest absolute Gasteiger partial charge is 0.237 e. The summed E-state index contributed by atoms with van der Waals surface area (Å²) in [6, 6.07) is -0.824. The van der Waals surface area contributed by atoms with Gasteiger partial charge in [-0.3, -0.25) is 9.59 Å². The lowest BCUT2D eigenvalue weighted by atomic mass is 9.78. The predicted molar refractivity (Wildman–Crippen MR) is 82.4 cm³/mol. The highest BCUT2D eigenvalue weighted by molar-refractivity contribution is 5.87. The van der Waals surface area contributed by atoms with E-state index in [1.807, 2.05) is 0 Å². The molecule has 0 aromatic rings. The molecule has 0 aliphatic heterocycles. The van der Waals surface area contributed by atoms with E-state index in [1.165, 1.54) is 12.8 Å². The first kappa shape index (κ1) is 19.2. The second-order valence-corrected chi connectivity index (χ2v) is 6.30. The van der Waals surface area contributed by atoms with Crippen molar-refractivity contribution in [2.24, 2.45) is 22.8 Å². The number of rotatable bonds is 7. The molecule has 0 saturated heterocycles. The first-order chi connectivity index (χ1) is 8.84. The van der Waals surface area contributed by atoms with Crippen LogP contribution in [0.15, 0.2) is 0 Å². The highest BCUT2D eigenvalue weighted by atomic mass is 35.5. The molecule has 2 amide bonds. The summed E-state index contributed by atoms with van der Waals surface area (Å²) in [5.74, 6) is -0.191. The predicted octanol–water partition coefficient (Wildman–Crippen LogP) is 1.33. The number of nitrogens with two attached hydrogens (primary N) is 2. The van der Waals surface area contributed by atoms with Crippen molar-refractivity contribution < 1.29 is 9.59 Å². The minimum Gasteiger partial charge on any atom is -0.370 e. The summed E-state index contributed by atoms with van der Waals surface area (Å²) < 4.78 is 0. The van der Waals surface area contributed by atoms with Crippen LogP contribution in [0, 0.1) is 11.3 Å². The fourth-order valence-electron chi connectivity index (χ4n) is 3.16. The largest absolute Gasteiger partial charge is 0.370 e. The van der Waals surface area contributed by atoms with Crippen molar-refractivity contribution in [3.63, 3.8) is 0 Å². The van der Waals surface area contributed by atoms with E-state index in [0.29, 0.717) is 12.5 Å². The number of carbonyl (C=O) groups is 2. The second-order valence-electron chi connectivity index (χ2n) is 6.30. The molecule has 1 aliphatic rings. The lowest BCUT2D eigenvalue weighted by Gasteiger charge is -2.31. The van der Waals surface area contributed by atoms with Gasteiger partial charge in [0, 0.05) is 6.54 Å². The average Bonchev–Trinajstić information content (AvgIpc) is 2.73. The van der Waals surface area contributed by atoms with Crippen LogP contribution in [0.1, 0.15) is 52.4 Å². The van der Waals surface area contributed by atoms with Gasteiger partial charge in [-0.2, -0.15) is 0 Å². The number of nitrogens with one attached hydrogen (secondary N) is 1. The normalized spacial score (nSPS) is 18.4. The van der Waals surface area contributed by atoms with Gasteiger partial charge in [0.25, 0.3) is 0 Å². The van der Waals surface area contributed by atoms with Crippen molar-refractivity contribution in [2.45, 2.75) is 58.4 Å². The first-order valence-corrected chi connectivity index (χ1v) is 7.16. The van der Waals surface area contributed by atoms with Crippen molar-refractivity contribution in [3.8, 4) is 0 Å². The van der Waals surface area contributed by atoms with E-state index in [9.17, 15) is 9.59 Å². The Morgan fingerprint density at radius 1 is 1.25 bits per heavy atom. The van der Waals surface area contributed by atoms with Crippen LogP contribution in [-0.2, 0) is 9.59 Å². The molecule has 0 aromatic heterocycles. The van der Waals surface area contributed by atoms with Crippen LogP contribution < -0.4 is 16.8 Å². The topological polar surface area (TPSA) is 98.2 Å². The standard InChI is InChI=1S/C14H27N3O2.ClH/c1-10(2)8-14(5-3-4-6-14)9-17-13(19)11(15)7-12(16)18;/h10-11H,3-9,15H2,1-2H3,(H2,16,18)(H,17,19);1H. The van der Waals surface area contributed by atoms with Crippen LogP contribution in [0.2, 0.25) is 0 Å². The Hall–Kier alpha value is -0.810. The van der Waals surface area contributed by atoms with Crippen molar-refractivity contribution in [3.05, 3.63) is 0 Å². The summed E-state index contributed by atoms with van der Waals surface area (Å²) in [4.78, 5) is 22.6. The monoisotopic (exact) mass is 305 g/mol. The van der Waals surface area contributed by atoms with Gasteiger partial charge in [-0.25, -0.2) is 0 Å². The Morgan fingerprint density at radius 2 is 1.80 bits per heavy atom. The highest BCUT2D eigenvalue weighted by Crippen LogP contribution is 2.42. The first-order valence-electron chi connectivity index (χ1n) is 7.16. The van der Waals surface area contributed by atoms with Crippen molar-refractivity contribution in [1.82, 2.24) is 5.32 Å². The van der Waals surface area contributed by atoms with Crippen LogP contribution in [0.3, 0.4) is 0 Å². The second kappa shape index (κ2) is 8.47. The number of amides is 2. The molecule has 0 heterocycles. The fraction of sp³-hybridized carbons (Fsp3) is 0.857. The van der Waals surface area contributed by atoms with Gasteiger partial charge < -0.3 is 16.8 Å². The van der Waals surface area contributed by atoms with E-state index < -0.39 is 11.9 Å². The zero-order valence-corrected chi connectivity index (χ0v) is 13.3. The lowest BCUT2D eigenvalue weighted by molar-refractivity contribution is -0.126. The molecule has 1 aliphatic carbocycles. The summed E-state index contributed by atoms with van der Waals surface area (Å²) >= 11 is 0. The van der Waals surface area contributed by atoms with Gasteiger partial charge in [0.05, 0.1) is 12.5 Å². The lowest BCUT2D eigenvalue weighted by Crippen LogP contribution is -2.46. The maximum Gasteiger partial charge on any atom is 0.237 e. The SMILES string of the molecule is CC(C)CC1(CNC(=O)C(N)CC(N)=O)CCCC1.Cl. The molecule has 6 heteroatoms. The maximum atomic E-state index is 11.8. The maximum absolute atomic E-state index is 11.8. The van der Waals surface area contributed by atoms with Gasteiger partial charge in [0.2, 0.25) is 11.8 Å². The van der Waals surface area contributed by atoms with E-state index in [1.54, 1.807) is 0 Å². The number of carbonyl (C=O) groups excluding carboxylic acids is 2. The van der Waals surface area contributed by atoms with Gasteiger partial charge in [0.15, 0.2) is 0 Å². The van der Waals surface area contributed by atoms with Gasteiger partial charge >= 0.3 is 0 Å². The van der Waals surface area contributed by atoms with Gasteiger partial charge in [-0.15, -0.1) is 12.4 Å². The van der Waals surface area contributed by atoms with E-state index in [4.69, 9.17) is 11.5 Å². The molecule has 1 rings (SSSR count). The van der Waals surface area contributed by atoms with E-state index in [0.717, 1.165) is 19.3 Å². The molecular weight excluding hydrogens is 278 g/mol. The molecule has 20 heavy (non-hydrogen) atoms. The third kappa shape index (κ3) is 6.09. The molecule has 118 valence electrons. The molecule has 0 bridgehead atoms. The summed E-state index contributed by atoms with van der Waals surface area (Å²) in [6.07, 6.45) is 5.82. The quantitative estimate of drug-likeness (QED) is 0.662. The van der Waals surface area contributed by atoms with Gasteiger partial charge in [-0.1, -0.05) is 26.7 Å².